The minimum atomic E-state index is -1.19. The third-order valence-corrected chi connectivity index (χ3v) is 4.67. The monoisotopic (exact) mass is 509 g/mol. The van der Waals surface area contributed by atoms with Gasteiger partial charge < -0.3 is 49.1 Å². The second-order valence-electron chi connectivity index (χ2n) is 7.72. The van der Waals surface area contributed by atoms with Crippen LogP contribution in [0, 0.1) is 5.92 Å². The number of nitrogens with two attached hydrogens (primary N) is 1. The zero-order valence-electron chi connectivity index (χ0n) is 20.1. The molecule has 1 heterocycles. The normalized spacial score (nSPS) is 24.9. The third-order valence-electron chi connectivity index (χ3n) is 4.67. The number of carbonyl (C=O) groups is 4. The van der Waals surface area contributed by atoms with E-state index in [0.717, 1.165) is 13.8 Å². The molecule has 0 saturated carbocycles. The number of hydrogen-bond donors (Lipinski definition) is 3. The molecule has 14 nitrogen and oxygen atoms in total. The molecule has 4 N–H and O–H groups in total. The molecule has 0 unspecified atom stereocenters. The molecule has 202 valence electrons. The van der Waals surface area contributed by atoms with Gasteiger partial charge in [-0.2, -0.15) is 0 Å². The zero-order chi connectivity index (χ0) is 26.4. The molecule has 1 saturated heterocycles. The van der Waals surface area contributed by atoms with Crippen molar-refractivity contribution in [1.82, 2.24) is 0 Å². The number of esters is 3. The lowest BCUT2D eigenvalue weighted by Gasteiger charge is -2.44. The maximum absolute atomic E-state index is 11.8. The van der Waals surface area contributed by atoms with E-state index in [9.17, 15) is 24.3 Å². The van der Waals surface area contributed by atoms with Crippen molar-refractivity contribution in [2.75, 3.05) is 46.2 Å². The van der Waals surface area contributed by atoms with Gasteiger partial charge in [0.05, 0.1) is 45.6 Å². The van der Waals surface area contributed by atoms with E-state index in [0.29, 0.717) is 0 Å². The van der Waals surface area contributed by atoms with Crippen LogP contribution in [-0.2, 0) is 52.3 Å². The van der Waals surface area contributed by atoms with Crippen LogP contribution in [0.4, 0.5) is 0 Å². The van der Waals surface area contributed by atoms with Gasteiger partial charge in [0, 0.05) is 27.2 Å². The second kappa shape index (κ2) is 16.3. The van der Waals surface area contributed by atoms with Crippen LogP contribution in [0.5, 0.6) is 0 Å². The van der Waals surface area contributed by atoms with Gasteiger partial charge in [0.1, 0.15) is 24.9 Å². The molecule has 35 heavy (non-hydrogen) atoms. The van der Waals surface area contributed by atoms with Crippen molar-refractivity contribution in [3.05, 3.63) is 0 Å². The van der Waals surface area contributed by atoms with Crippen LogP contribution in [0.15, 0.2) is 0 Å². The third kappa shape index (κ3) is 12.2. The number of hydrogen-bond acceptors (Lipinski definition) is 13. The average Bonchev–Trinajstić information content (AvgIpc) is 2.76. The fraction of sp³-hybridized carbons (Fsp3) is 0.810. The van der Waals surface area contributed by atoms with E-state index in [1.165, 1.54) is 6.92 Å². The van der Waals surface area contributed by atoms with Gasteiger partial charge in [0.25, 0.3) is 0 Å². The first-order valence-electron chi connectivity index (χ1n) is 11.0. The Morgan fingerprint density at radius 3 is 2.09 bits per heavy atom. The Balaban J connectivity index is 2.86. The quantitative estimate of drug-likeness (QED) is 0.118. The molecule has 0 aromatic carbocycles. The summed E-state index contributed by atoms with van der Waals surface area (Å²) in [5.41, 5.74) is 5.37. The lowest BCUT2D eigenvalue weighted by atomic mass is 9.87. The molecular weight excluding hydrogens is 474 g/mol. The molecule has 0 aromatic heterocycles. The molecule has 0 aliphatic carbocycles. The first kappa shape index (κ1) is 30.7. The molecule has 6 atom stereocenters. The van der Waals surface area contributed by atoms with Crippen molar-refractivity contribution in [3.8, 4) is 0 Å². The molecule has 1 fully saturated rings. The minimum absolute atomic E-state index is 0.00942. The smallest absolute Gasteiger partial charge is 0.303 e. The van der Waals surface area contributed by atoms with Gasteiger partial charge in [0.2, 0.25) is 5.91 Å². The molecule has 14 heteroatoms. The van der Waals surface area contributed by atoms with Crippen molar-refractivity contribution in [3.63, 3.8) is 0 Å². The van der Waals surface area contributed by atoms with Crippen molar-refractivity contribution in [2.45, 2.75) is 57.9 Å². The van der Waals surface area contributed by atoms with Crippen molar-refractivity contribution < 1.29 is 62.5 Å². The van der Waals surface area contributed by atoms with Crippen LogP contribution in [0.25, 0.3) is 0 Å². The van der Waals surface area contributed by atoms with Crippen molar-refractivity contribution >= 4 is 23.8 Å². The molecule has 0 aromatic rings. The number of rotatable bonds is 16. The Kier molecular flexibility index (Phi) is 14.3. The summed E-state index contributed by atoms with van der Waals surface area (Å²) in [6.45, 7) is 3.13. The average molecular weight is 510 g/mol. The maximum Gasteiger partial charge on any atom is 0.303 e. The number of carbonyl (C=O) groups excluding carboxylic acids is 4. The number of amides is 1. The van der Waals surface area contributed by atoms with E-state index in [-0.39, 0.29) is 46.1 Å². The summed E-state index contributed by atoms with van der Waals surface area (Å²) in [4.78, 5) is 46.6. The summed E-state index contributed by atoms with van der Waals surface area (Å²) < 4.78 is 37.7. The molecule has 1 rings (SSSR count). The van der Waals surface area contributed by atoms with Gasteiger partial charge in [-0.15, -0.1) is 0 Å². The SMILES string of the molecule is CC(=O)OC[C@H]1O[C@@H](OCCOCCOC[C@H](O)CO)[C@H](CC(N)=O)[C@@H](OC(C)=O)[C@H]1OC(C)=O. The van der Waals surface area contributed by atoms with Crippen molar-refractivity contribution in [2.24, 2.45) is 11.7 Å². The highest BCUT2D eigenvalue weighted by Crippen LogP contribution is 2.34. The summed E-state index contributed by atoms with van der Waals surface area (Å²) in [5, 5.41) is 17.9. The predicted octanol–water partition coefficient (Wildman–Crippen LogP) is -1.97. The fourth-order valence-corrected chi connectivity index (χ4v) is 3.30. The highest BCUT2D eigenvalue weighted by Gasteiger charge is 2.51. The standard InChI is InChI=1S/C21H35NO13/c1-12(24)32-11-17-20(34-14(3)26)19(33-13(2)25)16(8-18(22)28)21(35-17)31-7-6-29-4-5-30-10-15(27)9-23/h15-17,19-21,23,27H,4-11H2,1-3H3,(H2,22,28)/t15-,16-,17-,19-,20+,21-/m1/s1. The number of ether oxygens (including phenoxy) is 7. The van der Waals surface area contributed by atoms with Gasteiger partial charge in [-0.05, 0) is 0 Å². The van der Waals surface area contributed by atoms with Crippen LogP contribution in [0.1, 0.15) is 27.2 Å². The summed E-state index contributed by atoms with van der Waals surface area (Å²) in [6.07, 6.45) is -5.85. The maximum atomic E-state index is 11.8. The van der Waals surface area contributed by atoms with E-state index in [2.05, 4.69) is 0 Å². The highest BCUT2D eigenvalue weighted by molar-refractivity contribution is 5.74. The Morgan fingerprint density at radius 2 is 1.51 bits per heavy atom. The van der Waals surface area contributed by atoms with E-state index in [1.807, 2.05) is 0 Å². The summed E-state index contributed by atoms with van der Waals surface area (Å²) in [7, 11) is 0. The predicted molar refractivity (Wildman–Crippen MR) is 114 cm³/mol. The highest BCUT2D eigenvalue weighted by atomic mass is 16.7. The summed E-state index contributed by atoms with van der Waals surface area (Å²) >= 11 is 0. The Morgan fingerprint density at radius 1 is 0.914 bits per heavy atom. The number of aliphatic hydroxyl groups is 2. The number of aliphatic hydroxyl groups excluding tert-OH is 2. The fourth-order valence-electron chi connectivity index (χ4n) is 3.30. The first-order valence-corrected chi connectivity index (χ1v) is 11.0. The van der Waals surface area contributed by atoms with Crippen LogP contribution < -0.4 is 5.73 Å². The summed E-state index contributed by atoms with van der Waals surface area (Å²) in [5.74, 6) is -3.69. The van der Waals surface area contributed by atoms with E-state index in [4.69, 9.17) is 44.0 Å². The van der Waals surface area contributed by atoms with Gasteiger partial charge >= 0.3 is 17.9 Å². The molecular formula is C21H35NO13. The van der Waals surface area contributed by atoms with Gasteiger partial charge in [0.15, 0.2) is 12.4 Å². The van der Waals surface area contributed by atoms with E-state index in [1.54, 1.807) is 0 Å². The Hall–Kier alpha value is -2.36. The molecule has 0 radical (unpaired) electrons. The lowest BCUT2D eigenvalue weighted by Crippen LogP contribution is -2.60. The molecule has 1 amide bonds. The molecule has 1 aliphatic rings. The van der Waals surface area contributed by atoms with E-state index >= 15 is 0 Å². The Labute approximate surface area is 202 Å². The topological polar surface area (TPSA) is 199 Å². The van der Waals surface area contributed by atoms with Gasteiger partial charge in [-0.3, -0.25) is 19.2 Å². The van der Waals surface area contributed by atoms with E-state index < -0.39 is 67.0 Å². The van der Waals surface area contributed by atoms with Crippen LogP contribution in [-0.4, -0.2) is 111 Å². The van der Waals surface area contributed by atoms with Crippen LogP contribution >= 0.6 is 0 Å². The number of primary amides is 1. The molecule has 1 aliphatic heterocycles. The van der Waals surface area contributed by atoms with Gasteiger partial charge in [-0.1, -0.05) is 0 Å². The summed E-state index contributed by atoms with van der Waals surface area (Å²) in [6, 6.07) is 0. The lowest BCUT2D eigenvalue weighted by molar-refractivity contribution is -0.293. The minimum Gasteiger partial charge on any atom is -0.463 e. The van der Waals surface area contributed by atoms with Gasteiger partial charge in [-0.25, -0.2) is 0 Å². The molecule has 0 spiro atoms. The molecule has 0 bridgehead atoms. The zero-order valence-corrected chi connectivity index (χ0v) is 20.1. The van der Waals surface area contributed by atoms with Crippen LogP contribution in [0.2, 0.25) is 0 Å². The van der Waals surface area contributed by atoms with Crippen LogP contribution in [0.3, 0.4) is 0 Å². The Bertz CT molecular complexity index is 688. The second-order valence-corrected chi connectivity index (χ2v) is 7.72. The largest absolute Gasteiger partial charge is 0.463 e. The van der Waals surface area contributed by atoms with Crippen molar-refractivity contribution in [1.29, 1.82) is 0 Å². The first-order chi connectivity index (χ1) is 16.5.